The van der Waals surface area contributed by atoms with Gasteiger partial charge in [-0.1, -0.05) is 0 Å². The normalized spacial score (nSPS) is 15.6. The first kappa shape index (κ1) is 14.7. The Morgan fingerprint density at radius 1 is 1.22 bits per heavy atom. The summed E-state index contributed by atoms with van der Waals surface area (Å²) < 4.78 is 67.9. The van der Waals surface area contributed by atoms with Crippen LogP contribution in [0.25, 0.3) is 0 Å². The van der Waals surface area contributed by atoms with Gasteiger partial charge in [-0.25, -0.2) is 8.78 Å². The lowest BCUT2D eigenvalue weighted by Crippen LogP contribution is -2.41. The van der Waals surface area contributed by atoms with E-state index in [1.54, 1.807) is 0 Å². The number of halogens is 5. The molecule has 1 aromatic carbocycles. The summed E-state index contributed by atoms with van der Waals surface area (Å²) in [4.78, 5) is 0. The molecule has 0 aliphatic rings. The zero-order chi connectivity index (χ0) is 14.1. The predicted molar refractivity (Wildman–Crippen MR) is 55.5 cm³/mol. The standard InChI is InChI=1S/C11H12F5NO/c1-10(17,9(12)13)7-5-6(11(14,15)16)3-4-8(7)18-2/h3-5,9H,17H2,1-2H3. The van der Waals surface area contributed by atoms with Crippen molar-refractivity contribution >= 4 is 0 Å². The molecule has 1 atom stereocenters. The van der Waals surface area contributed by atoms with E-state index in [1.165, 1.54) is 7.11 Å². The van der Waals surface area contributed by atoms with Gasteiger partial charge in [0.25, 0.3) is 6.43 Å². The van der Waals surface area contributed by atoms with Crippen molar-refractivity contribution < 1.29 is 26.7 Å². The minimum atomic E-state index is -4.63. The van der Waals surface area contributed by atoms with Crippen molar-refractivity contribution in [1.82, 2.24) is 0 Å². The van der Waals surface area contributed by atoms with Crippen LogP contribution in [-0.4, -0.2) is 13.5 Å². The van der Waals surface area contributed by atoms with Crippen molar-refractivity contribution in [3.8, 4) is 5.75 Å². The van der Waals surface area contributed by atoms with Crippen molar-refractivity contribution in [1.29, 1.82) is 0 Å². The second kappa shape index (κ2) is 4.72. The van der Waals surface area contributed by atoms with Crippen LogP contribution in [0.3, 0.4) is 0 Å². The van der Waals surface area contributed by atoms with E-state index in [0.29, 0.717) is 6.07 Å². The van der Waals surface area contributed by atoms with E-state index >= 15 is 0 Å². The van der Waals surface area contributed by atoms with Gasteiger partial charge in [0.15, 0.2) is 0 Å². The SMILES string of the molecule is COc1ccc(C(F)(F)F)cc1C(C)(N)C(F)F. The highest BCUT2D eigenvalue weighted by atomic mass is 19.4. The summed E-state index contributed by atoms with van der Waals surface area (Å²) in [6.07, 6.45) is -7.64. The van der Waals surface area contributed by atoms with Crippen LogP contribution in [0.15, 0.2) is 18.2 Å². The highest BCUT2D eigenvalue weighted by molar-refractivity contribution is 5.43. The number of benzene rings is 1. The molecule has 0 aliphatic heterocycles. The molecule has 0 amide bonds. The molecule has 1 unspecified atom stereocenters. The van der Waals surface area contributed by atoms with E-state index in [2.05, 4.69) is 0 Å². The fourth-order valence-electron chi connectivity index (χ4n) is 1.42. The fourth-order valence-corrected chi connectivity index (χ4v) is 1.42. The molecule has 0 saturated heterocycles. The van der Waals surface area contributed by atoms with Crippen LogP contribution in [0.4, 0.5) is 22.0 Å². The van der Waals surface area contributed by atoms with E-state index in [4.69, 9.17) is 10.5 Å². The number of ether oxygens (including phenoxy) is 1. The van der Waals surface area contributed by atoms with Gasteiger partial charge in [0.1, 0.15) is 11.3 Å². The molecule has 2 N–H and O–H groups in total. The Bertz CT molecular complexity index is 428. The number of rotatable bonds is 3. The lowest BCUT2D eigenvalue weighted by atomic mass is 9.91. The highest BCUT2D eigenvalue weighted by Crippen LogP contribution is 2.37. The van der Waals surface area contributed by atoms with Gasteiger partial charge in [-0.05, 0) is 25.1 Å². The van der Waals surface area contributed by atoms with Crippen LogP contribution < -0.4 is 10.5 Å². The summed E-state index contributed by atoms with van der Waals surface area (Å²) in [5.41, 5.74) is 1.73. The third-order valence-electron chi connectivity index (χ3n) is 2.56. The number of methoxy groups -OCH3 is 1. The quantitative estimate of drug-likeness (QED) is 0.855. The highest BCUT2D eigenvalue weighted by Gasteiger charge is 2.38. The molecule has 1 aromatic rings. The summed E-state index contributed by atoms with van der Waals surface area (Å²) in [5, 5.41) is 0. The van der Waals surface area contributed by atoms with Gasteiger partial charge in [-0.2, -0.15) is 13.2 Å². The van der Waals surface area contributed by atoms with Crippen LogP contribution in [-0.2, 0) is 11.7 Å². The smallest absolute Gasteiger partial charge is 0.416 e. The summed E-state index contributed by atoms with van der Waals surface area (Å²) in [6, 6.07) is 2.32. The molecular weight excluding hydrogens is 257 g/mol. The zero-order valence-corrected chi connectivity index (χ0v) is 9.68. The number of nitrogens with two attached hydrogens (primary N) is 1. The van der Waals surface area contributed by atoms with Crippen molar-refractivity contribution in [3.63, 3.8) is 0 Å². The van der Waals surface area contributed by atoms with E-state index in [0.717, 1.165) is 19.1 Å². The van der Waals surface area contributed by atoms with Gasteiger partial charge >= 0.3 is 6.18 Å². The maximum atomic E-state index is 12.8. The first-order chi connectivity index (χ1) is 8.10. The largest absolute Gasteiger partial charge is 0.496 e. The number of alkyl halides is 5. The van der Waals surface area contributed by atoms with Crippen LogP contribution in [0.1, 0.15) is 18.1 Å². The minimum absolute atomic E-state index is 0.103. The predicted octanol–water partition coefficient (Wildman–Crippen LogP) is 3.15. The Hall–Kier alpha value is -1.37. The van der Waals surface area contributed by atoms with Crippen molar-refractivity contribution in [3.05, 3.63) is 29.3 Å². The maximum Gasteiger partial charge on any atom is 0.416 e. The van der Waals surface area contributed by atoms with Gasteiger partial charge in [0, 0.05) is 5.56 Å². The lowest BCUT2D eigenvalue weighted by molar-refractivity contribution is -0.137. The molecule has 7 heteroatoms. The molecule has 0 heterocycles. The fraction of sp³-hybridized carbons (Fsp3) is 0.455. The molecule has 2 nitrogen and oxygen atoms in total. The monoisotopic (exact) mass is 269 g/mol. The van der Waals surface area contributed by atoms with Crippen LogP contribution in [0.5, 0.6) is 5.75 Å². The molecule has 0 bridgehead atoms. The first-order valence-electron chi connectivity index (χ1n) is 4.93. The molecular formula is C11H12F5NO. The van der Waals surface area contributed by atoms with Crippen molar-refractivity contribution in [2.45, 2.75) is 25.1 Å². The Kier molecular flexibility index (Phi) is 3.85. The van der Waals surface area contributed by atoms with Crippen molar-refractivity contribution in [2.24, 2.45) is 5.73 Å². The topological polar surface area (TPSA) is 35.2 Å². The average molecular weight is 269 g/mol. The minimum Gasteiger partial charge on any atom is -0.496 e. The Morgan fingerprint density at radius 3 is 2.17 bits per heavy atom. The molecule has 0 radical (unpaired) electrons. The van der Waals surface area contributed by atoms with Gasteiger partial charge in [-0.3, -0.25) is 0 Å². The van der Waals surface area contributed by atoms with Crippen LogP contribution >= 0.6 is 0 Å². The zero-order valence-electron chi connectivity index (χ0n) is 9.68. The molecule has 0 aliphatic carbocycles. The average Bonchev–Trinajstić information content (AvgIpc) is 2.26. The summed E-state index contributed by atoms with van der Waals surface area (Å²) in [6.45, 7) is 0.954. The van der Waals surface area contributed by atoms with Crippen molar-refractivity contribution in [2.75, 3.05) is 7.11 Å². The summed E-state index contributed by atoms with van der Waals surface area (Å²) in [5.74, 6) is -0.103. The number of hydrogen-bond acceptors (Lipinski definition) is 2. The van der Waals surface area contributed by atoms with Crippen LogP contribution in [0.2, 0.25) is 0 Å². The van der Waals surface area contributed by atoms with Gasteiger partial charge in [0.05, 0.1) is 12.7 Å². The van der Waals surface area contributed by atoms with E-state index in [-0.39, 0.29) is 11.3 Å². The molecule has 0 saturated carbocycles. The maximum absolute atomic E-state index is 12.8. The second-order valence-electron chi connectivity index (χ2n) is 4.00. The third kappa shape index (κ3) is 2.72. The lowest BCUT2D eigenvalue weighted by Gasteiger charge is -2.26. The first-order valence-corrected chi connectivity index (χ1v) is 4.93. The molecule has 0 fully saturated rings. The molecule has 0 aromatic heterocycles. The van der Waals surface area contributed by atoms with Gasteiger partial charge in [0.2, 0.25) is 0 Å². The second-order valence-corrected chi connectivity index (χ2v) is 4.00. The van der Waals surface area contributed by atoms with E-state index in [1.807, 2.05) is 0 Å². The summed E-state index contributed by atoms with van der Waals surface area (Å²) in [7, 11) is 1.17. The molecule has 1 rings (SSSR count). The van der Waals surface area contributed by atoms with Gasteiger partial charge < -0.3 is 10.5 Å². The van der Waals surface area contributed by atoms with Gasteiger partial charge in [-0.15, -0.1) is 0 Å². The molecule has 0 spiro atoms. The van der Waals surface area contributed by atoms with E-state index < -0.39 is 23.7 Å². The van der Waals surface area contributed by atoms with Crippen LogP contribution in [0, 0.1) is 0 Å². The Balaban J connectivity index is 3.40. The number of hydrogen-bond donors (Lipinski definition) is 1. The van der Waals surface area contributed by atoms with E-state index in [9.17, 15) is 22.0 Å². The third-order valence-corrected chi connectivity index (χ3v) is 2.56. The summed E-state index contributed by atoms with van der Waals surface area (Å²) >= 11 is 0. The molecule has 18 heavy (non-hydrogen) atoms. The molecule has 102 valence electrons. The Morgan fingerprint density at radius 2 is 1.78 bits per heavy atom. The Labute approximate surface area is 101 Å².